The van der Waals surface area contributed by atoms with Gasteiger partial charge in [-0.3, -0.25) is 0 Å². The van der Waals surface area contributed by atoms with Crippen LogP contribution in [0.25, 0.3) is 0 Å². The van der Waals surface area contributed by atoms with Crippen LogP contribution in [0.1, 0.15) is 56.4 Å². The summed E-state index contributed by atoms with van der Waals surface area (Å²) in [4.78, 5) is 0. The summed E-state index contributed by atoms with van der Waals surface area (Å²) in [6.07, 6.45) is 9.02. The van der Waals surface area contributed by atoms with Crippen molar-refractivity contribution in [1.82, 2.24) is 8.75 Å². The molecule has 3 aliphatic rings. The minimum Gasteiger partial charge on any atom is -0.468 e. The predicted molar refractivity (Wildman–Crippen MR) is 102 cm³/mol. The monoisotopic (exact) mass is 372 g/mol. The highest BCUT2D eigenvalue weighted by atomic mass is 32.2. The number of hydrogen-bond donors (Lipinski definition) is 0. The lowest BCUT2D eigenvalue weighted by Gasteiger charge is -2.27. The molecule has 3 saturated carbocycles. The van der Waals surface area contributed by atoms with E-state index in [1.54, 1.807) is 0 Å². The highest BCUT2D eigenvalue weighted by Crippen LogP contribution is 2.51. The Morgan fingerprint density at radius 1 is 1.12 bits per heavy atom. The number of rotatable bonds is 7. The highest BCUT2D eigenvalue weighted by molar-refractivity contribution is 7.99. The van der Waals surface area contributed by atoms with E-state index in [0.29, 0.717) is 5.92 Å². The van der Waals surface area contributed by atoms with Crippen LogP contribution < -0.4 is 4.74 Å². The number of fused-ring (bicyclic) bond motifs is 2. The third-order valence-electron chi connectivity index (χ3n) is 6.24. The first-order valence-electron chi connectivity index (χ1n) is 9.51. The Morgan fingerprint density at radius 2 is 1.92 bits per heavy atom. The maximum absolute atomic E-state index is 6.45. The van der Waals surface area contributed by atoms with Crippen molar-refractivity contribution in [2.24, 2.45) is 11.8 Å². The summed E-state index contributed by atoms with van der Waals surface area (Å²) in [6.45, 7) is 0. The number of thioether (sulfide) groups is 1. The zero-order valence-corrected chi connectivity index (χ0v) is 16.0. The largest absolute Gasteiger partial charge is 0.468 e. The molecule has 2 bridgehead atoms. The number of hydrogen-bond acceptors (Lipinski definition) is 5. The minimum absolute atomic E-state index is 0.0745. The summed E-state index contributed by atoms with van der Waals surface area (Å²) in [6, 6.07) is 11.0. The number of nitrogens with zero attached hydrogens (tertiary/aromatic N) is 2. The summed E-state index contributed by atoms with van der Waals surface area (Å²) in [5.74, 6) is 4.24. The fourth-order valence-electron chi connectivity index (χ4n) is 4.68. The van der Waals surface area contributed by atoms with Gasteiger partial charge < -0.3 is 4.74 Å². The van der Waals surface area contributed by atoms with Crippen molar-refractivity contribution in [3.63, 3.8) is 0 Å². The van der Waals surface area contributed by atoms with Crippen LogP contribution in [0.4, 0.5) is 0 Å². The lowest BCUT2D eigenvalue weighted by Crippen LogP contribution is -2.30. The quantitative estimate of drug-likeness (QED) is 0.598. The Hall–Kier alpha value is -1.07. The Balaban J connectivity index is 1.28. The van der Waals surface area contributed by atoms with Gasteiger partial charge in [0, 0.05) is 5.75 Å². The fraction of sp³-hybridized carbons (Fsp3) is 0.600. The predicted octanol–water partition coefficient (Wildman–Crippen LogP) is 5.54. The summed E-state index contributed by atoms with van der Waals surface area (Å²) in [5.41, 5.74) is 1.54. The number of aromatic nitrogens is 2. The molecule has 0 N–H and O–H groups in total. The molecule has 5 heteroatoms. The molecule has 0 radical (unpaired) electrons. The van der Waals surface area contributed by atoms with E-state index in [9.17, 15) is 0 Å². The van der Waals surface area contributed by atoms with Gasteiger partial charge >= 0.3 is 0 Å². The zero-order valence-electron chi connectivity index (χ0n) is 14.4. The summed E-state index contributed by atoms with van der Waals surface area (Å²) >= 11 is 3.14. The van der Waals surface area contributed by atoms with E-state index >= 15 is 0 Å². The van der Waals surface area contributed by atoms with Gasteiger partial charge in [-0.05, 0) is 68.3 Å². The molecule has 0 aliphatic heterocycles. The van der Waals surface area contributed by atoms with E-state index < -0.39 is 0 Å². The van der Waals surface area contributed by atoms with Crippen LogP contribution >= 0.6 is 23.5 Å². The summed E-state index contributed by atoms with van der Waals surface area (Å²) in [5, 5.41) is 1.01. The second-order valence-electron chi connectivity index (χ2n) is 7.97. The summed E-state index contributed by atoms with van der Waals surface area (Å²) < 4.78 is 15.5. The molecule has 0 spiro atoms. The van der Waals surface area contributed by atoms with Crippen molar-refractivity contribution >= 4 is 23.5 Å². The minimum atomic E-state index is 0.0745. The molecular formula is C20H24N2OS2. The van der Waals surface area contributed by atoms with Gasteiger partial charge in [-0.25, -0.2) is 0 Å². The topological polar surface area (TPSA) is 35.0 Å². The first-order valence-corrected chi connectivity index (χ1v) is 11.2. The van der Waals surface area contributed by atoms with Crippen LogP contribution in [0.2, 0.25) is 0 Å². The molecule has 1 aromatic heterocycles. The second kappa shape index (κ2) is 6.58. The van der Waals surface area contributed by atoms with Crippen molar-refractivity contribution in [3.05, 3.63) is 35.9 Å². The average molecular weight is 373 g/mol. The average Bonchev–Trinajstić information content (AvgIpc) is 3.09. The van der Waals surface area contributed by atoms with E-state index in [1.165, 1.54) is 62.2 Å². The SMILES string of the molecule is c1ccc(C(CSc2nsnc2OC23CCC(CC2)C3)C2CC2)cc1. The smallest absolute Gasteiger partial charge is 0.260 e. The van der Waals surface area contributed by atoms with Crippen LogP contribution in [0.15, 0.2) is 35.4 Å². The van der Waals surface area contributed by atoms with Crippen molar-refractivity contribution in [3.8, 4) is 5.88 Å². The molecule has 1 atom stereocenters. The van der Waals surface area contributed by atoms with Crippen molar-refractivity contribution in [1.29, 1.82) is 0 Å². The van der Waals surface area contributed by atoms with Crippen LogP contribution in [0, 0.1) is 11.8 Å². The van der Waals surface area contributed by atoms with Gasteiger partial charge in [-0.15, -0.1) is 4.37 Å². The van der Waals surface area contributed by atoms with Gasteiger partial charge in [-0.1, -0.05) is 42.1 Å². The number of benzene rings is 1. The van der Waals surface area contributed by atoms with Gasteiger partial charge in [0.2, 0.25) is 0 Å². The molecule has 132 valence electrons. The Labute approximate surface area is 157 Å². The van der Waals surface area contributed by atoms with Crippen LogP contribution in [0.5, 0.6) is 5.88 Å². The highest BCUT2D eigenvalue weighted by Gasteiger charge is 2.47. The maximum Gasteiger partial charge on any atom is 0.260 e. The van der Waals surface area contributed by atoms with Crippen molar-refractivity contribution in [2.75, 3.05) is 5.75 Å². The first kappa shape index (κ1) is 16.1. The molecule has 1 aromatic carbocycles. The Morgan fingerprint density at radius 3 is 2.60 bits per heavy atom. The van der Waals surface area contributed by atoms with Gasteiger partial charge in [-0.2, -0.15) is 4.37 Å². The van der Waals surface area contributed by atoms with E-state index in [4.69, 9.17) is 4.74 Å². The van der Waals surface area contributed by atoms with Crippen LogP contribution in [-0.2, 0) is 0 Å². The maximum atomic E-state index is 6.45. The third kappa shape index (κ3) is 3.33. The molecule has 1 heterocycles. The molecule has 3 nitrogen and oxygen atoms in total. The van der Waals surface area contributed by atoms with Crippen molar-refractivity contribution < 1.29 is 4.74 Å². The molecule has 0 amide bonds. The first-order chi connectivity index (χ1) is 12.3. The summed E-state index contributed by atoms with van der Waals surface area (Å²) in [7, 11) is 0. The molecule has 3 fully saturated rings. The lowest BCUT2D eigenvalue weighted by atomic mass is 9.96. The van der Waals surface area contributed by atoms with E-state index in [1.807, 2.05) is 11.8 Å². The van der Waals surface area contributed by atoms with Gasteiger partial charge in [0.15, 0.2) is 5.03 Å². The molecule has 3 aliphatic carbocycles. The van der Waals surface area contributed by atoms with Gasteiger partial charge in [0.25, 0.3) is 5.88 Å². The molecular weight excluding hydrogens is 348 g/mol. The third-order valence-corrected chi connectivity index (χ3v) is 7.93. The van der Waals surface area contributed by atoms with E-state index in [-0.39, 0.29) is 5.60 Å². The molecule has 5 rings (SSSR count). The molecule has 2 aromatic rings. The zero-order chi connectivity index (χ0) is 16.7. The van der Waals surface area contributed by atoms with Crippen molar-refractivity contribution in [2.45, 2.75) is 61.5 Å². The van der Waals surface area contributed by atoms with Crippen LogP contribution in [0.3, 0.4) is 0 Å². The second-order valence-corrected chi connectivity index (χ2v) is 9.51. The number of ether oxygens (including phenoxy) is 1. The van der Waals surface area contributed by atoms with Gasteiger partial charge in [0.1, 0.15) is 5.60 Å². The normalized spacial score (nSPS) is 29.0. The fourth-order valence-corrected chi connectivity index (χ4v) is 6.45. The Kier molecular flexibility index (Phi) is 4.25. The van der Waals surface area contributed by atoms with Gasteiger partial charge in [0.05, 0.1) is 11.7 Å². The molecule has 0 saturated heterocycles. The van der Waals surface area contributed by atoms with Crippen LogP contribution in [-0.4, -0.2) is 20.1 Å². The van der Waals surface area contributed by atoms with E-state index in [0.717, 1.165) is 28.5 Å². The molecule has 25 heavy (non-hydrogen) atoms. The standard InChI is InChI=1S/C20H24N2OS2/c1-2-4-15(5-3-1)17(16-6-7-16)13-24-19-18(21-25-22-19)23-20-10-8-14(12-20)9-11-20/h1-5,14,16-17H,6-13H2. The Bertz CT molecular complexity index is 720. The molecule has 1 unspecified atom stereocenters. The van der Waals surface area contributed by atoms with E-state index in [2.05, 4.69) is 39.1 Å². The lowest BCUT2D eigenvalue weighted by molar-refractivity contribution is 0.0721.